The van der Waals surface area contributed by atoms with Gasteiger partial charge in [-0.25, -0.2) is 0 Å². The van der Waals surface area contributed by atoms with Gasteiger partial charge in [-0.2, -0.15) is 0 Å². The molecule has 0 saturated heterocycles. The van der Waals surface area contributed by atoms with Crippen molar-refractivity contribution in [2.75, 3.05) is 0 Å². The molecular formula is C14H18ClNO. The summed E-state index contributed by atoms with van der Waals surface area (Å²) in [5.41, 5.74) is 3.14. The zero-order chi connectivity index (χ0) is 12.6. The number of aromatic nitrogens is 1. The normalized spacial score (nSPS) is 13.2. The molecule has 0 spiro atoms. The first-order chi connectivity index (χ1) is 8.04. The molecule has 1 N–H and O–H groups in total. The summed E-state index contributed by atoms with van der Waals surface area (Å²) in [5, 5.41) is 11.7. The lowest BCUT2D eigenvalue weighted by Crippen LogP contribution is -1.94. The maximum atomic E-state index is 9.82. The van der Waals surface area contributed by atoms with Gasteiger partial charge in [-0.1, -0.05) is 18.5 Å². The third-order valence-corrected chi connectivity index (χ3v) is 3.51. The summed E-state index contributed by atoms with van der Waals surface area (Å²) in [7, 11) is 0. The van der Waals surface area contributed by atoms with Gasteiger partial charge in [-0.3, -0.25) is 0 Å². The molecule has 0 aliphatic heterocycles. The second-order valence-electron chi connectivity index (χ2n) is 4.57. The van der Waals surface area contributed by atoms with Crippen LogP contribution in [0.25, 0.3) is 10.9 Å². The highest BCUT2D eigenvalue weighted by atomic mass is 35.5. The molecule has 0 amide bonds. The summed E-state index contributed by atoms with van der Waals surface area (Å²) in [4.78, 5) is 0. The number of hydrogen-bond donors (Lipinski definition) is 1. The third-order valence-electron chi connectivity index (χ3n) is 3.11. The molecule has 0 saturated carbocycles. The average molecular weight is 252 g/mol. The van der Waals surface area contributed by atoms with Gasteiger partial charge in [0, 0.05) is 34.2 Å². The summed E-state index contributed by atoms with van der Waals surface area (Å²) in [6.07, 6.45) is 2.65. The number of hydrogen-bond acceptors (Lipinski definition) is 1. The Morgan fingerprint density at radius 3 is 2.71 bits per heavy atom. The molecule has 0 radical (unpaired) electrons. The van der Waals surface area contributed by atoms with E-state index in [0.29, 0.717) is 0 Å². The van der Waals surface area contributed by atoms with Gasteiger partial charge in [0.1, 0.15) is 0 Å². The van der Waals surface area contributed by atoms with E-state index in [1.807, 2.05) is 19.2 Å². The minimum Gasteiger partial charge on any atom is -0.389 e. The average Bonchev–Trinajstić information content (AvgIpc) is 2.59. The molecule has 1 atom stereocenters. The predicted octanol–water partition coefficient (Wildman–Crippen LogP) is 4.07. The van der Waals surface area contributed by atoms with Crippen LogP contribution in [0.5, 0.6) is 0 Å². The highest BCUT2D eigenvalue weighted by Gasteiger charge is 2.13. The van der Waals surface area contributed by atoms with Crippen molar-refractivity contribution >= 4 is 22.5 Å². The zero-order valence-electron chi connectivity index (χ0n) is 10.5. The van der Waals surface area contributed by atoms with Gasteiger partial charge < -0.3 is 9.67 Å². The largest absolute Gasteiger partial charge is 0.389 e. The first-order valence-corrected chi connectivity index (χ1v) is 6.39. The van der Waals surface area contributed by atoms with E-state index in [1.165, 1.54) is 0 Å². The number of aryl methyl sites for hydroxylation is 2. The zero-order valence-corrected chi connectivity index (χ0v) is 11.3. The molecule has 0 aliphatic carbocycles. The maximum Gasteiger partial charge on any atom is 0.0782 e. The van der Waals surface area contributed by atoms with Gasteiger partial charge >= 0.3 is 0 Å². The Morgan fingerprint density at radius 2 is 2.12 bits per heavy atom. The first kappa shape index (κ1) is 12.5. The van der Waals surface area contributed by atoms with E-state index in [9.17, 15) is 5.11 Å². The molecule has 1 heterocycles. The van der Waals surface area contributed by atoms with Gasteiger partial charge in [0.25, 0.3) is 0 Å². The SMILES string of the molecule is CCCn1cc(C(C)O)c2cc(C)c(Cl)cc21. The van der Waals surface area contributed by atoms with Crippen molar-refractivity contribution in [1.29, 1.82) is 0 Å². The third kappa shape index (κ3) is 2.20. The van der Waals surface area contributed by atoms with Crippen LogP contribution in [0, 0.1) is 6.92 Å². The van der Waals surface area contributed by atoms with Crippen molar-refractivity contribution in [2.45, 2.75) is 39.8 Å². The van der Waals surface area contributed by atoms with Crippen molar-refractivity contribution in [2.24, 2.45) is 0 Å². The number of nitrogens with zero attached hydrogens (tertiary/aromatic N) is 1. The Hall–Kier alpha value is -0.990. The van der Waals surface area contributed by atoms with Crippen LogP contribution in [0.1, 0.15) is 37.5 Å². The molecule has 0 bridgehead atoms. The number of fused-ring (bicyclic) bond motifs is 1. The fraction of sp³-hybridized carbons (Fsp3) is 0.429. The molecule has 2 rings (SSSR count). The maximum absolute atomic E-state index is 9.82. The lowest BCUT2D eigenvalue weighted by Gasteiger charge is -2.04. The second-order valence-corrected chi connectivity index (χ2v) is 4.98. The minimum absolute atomic E-state index is 0.448. The molecular weight excluding hydrogens is 234 g/mol. The Morgan fingerprint density at radius 1 is 1.41 bits per heavy atom. The quantitative estimate of drug-likeness (QED) is 0.874. The van der Waals surface area contributed by atoms with E-state index >= 15 is 0 Å². The lowest BCUT2D eigenvalue weighted by molar-refractivity contribution is 0.200. The number of benzene rings is 1. The predicted molar refractivity (Wildman–Crippen MR) is 72.6 cm³/mol. The van der Waals surface area contributed by atoms with E-state index in [-0.39, 0.29) is 0 Å². The van der Waals surface area contributed by atoms with Crippen LogP contribution in [0.3, 0.4) is 0 Å². The van der Waals surface area contributed by atoms with E-state index in [0.717, 1.165) is 40.0 Å². The summed E-state index contributed by atoms with van der Waals surface area (Å²) in [6.45, 7) is 6.88. The second kappa shape index (κ2) is 4.71. The van der Waals surface area contributed by atoms with Crippen molar-refractivity contribution < 1.29 is 5.11 Å². The summed E-state index contributed by atoms with van der Waals surface area (Å²) < 4.78 is 2.17. The molecule has 0 fully saturated rings. The highest BCUT2D eigenvalue weighted by molar-refractivity contribution is 6.32. The lowest BCUT2D eigenvalue weighted by atomic mass is 10.1. The molecule has 0 aliphatic rings. The van der Waals surface area contributed by atoms with Crippen LogP contribution in [0.15, 0.2) is 18.3 Å². The monoisotopic (exact) mass is 251 g/mol. The van der Waals surface area contributed by atoms with Crippen LogP contribution in [-0.4, -0.2) is 9.67 Å². The summed E-state index contributed by atoms with van der Waals surface area (Å²) >= 11 is 6.17. The van der Waals surface area contributed by atoms with Crippen LogP contribution in [0.2, 0.25) is 5.02 Å². The summed E-state index contributed by atoms with van der Waals surface area (Å²) in [6, 6.07) is 4.06. The Kier molecular flexibility index (Phi) is 3.45. The fourth-order valence-corrected chi connectivity index (χ4v) is 2.36. The van der Waals surface area contributed by atoms with Crippen LogP contribution >= 0.6 is 11.6 Å². The molecule has 1 aromatic heterocycles. The Labute approximate surface area is 107 Å². The van der Waals surface area contributed by atoms with Crippen molar-refractivity contribution in [1.82, 2.24) is 4.57 Å². The molecule has 1 unspecified atom stereocenters. The van der Waals surface area contributed by atoms with E-state index in [1.54, 1.807) is 6.92 Å². The number of aliphatic hydroxyl groups is 1. The molecule has 2 nitrogen and oxygen atoms in total. The van der Waals surface area contributed by atoms with Crippen LogP contribution in [0.4, 0.5) is 0 Å². The fourth-order valence-electron chi connectivity index (χ4n) is 2.21. The topological polar surface area (TPSA) is 25.2 Å². The first-order valence-electron chi connectivity index (χ1n) is 6.01. The van der Waals surface area contributed by atoms with Gasteiger partial charge in [0.15, 0.2) is 0 Å². The van der Waals surface area contributed by atoms with Gasteiger partial charge in [0.2, 0.25) is 0 Å². The van der Waals surface area contributed by atoms with Crippen molar-refractivity contribution in [3.63, 3.8) is 0 Å². The molecule has 92 valence electrons. The molecule has 2 aromatic rings. The highest BCUT2D eigenvalue weighted by Crippen LogP contribution is 2.31. The van der Waals surface area contributed by atoms with E-state index in [4.69, 9.17) is 11.6 Å². The van der Waals surface area contributed by atoms with Crippen molar-refractivity contribution in [3.8, 4) is 0 Å². The number of aliphatic hydroxyl groups excluding tert-OH is 1. The van der Waals surface area contributed by atoms with Gasteiger partial charge in [-0.05, 0) is 38.0 Å². The van der Waals surface area contributed by atoms with Gasteiger partial charge in [0.05, 0.1) is 6.10 Å². The van der Waals surface area contributed by atoms with Gasteiger partial charge in [-0.15, -0.1) is 0 Å². The molecule has 1 aromatic carbocycles. The standard InChI is InChI=1S/C14H18ClNO/c1-4-5-16-8-12(10(3)17)11-6-9(2)13(15)7-14(11)16/h6-8,10,17H,4-5H2,1-3H3. The minimum atomic E-state index is -0.448. The molecule has 3 heteroatoms. The van der Waals surface area contributed by atoms with E-state index < -0.39 is 6.10 Å². The Bertz CT molecular complexity index is 543. The van der Waals surface area contributed by atoms with Crippen LogP contribution < -0.4 is 0 Å². The smallest absolute Gasteiger partial charge is 0.0782 e. The van der Waals surface area contributed by atoms with Crippen molar-refractivity contribution in [3.05, 3.63) is 34.5 Å². The summed E-state index contributed by atoms with van der Waals surface area (Å²) in [5.74, 6) is 0. The Balaban J connectivity index is 2.72. The van der Waals surface area contributed by atoms with E-state index in [2.05, 4.69) is 17.6 Å². The molecule has 17 heavy (non-hydrogen) atoms. The number of rotatable bonds is 3. The van der Waals surface area contributed by atoms with Crippen LogP contribution in [-0.2, 0) is 6.54 Å². The number of halogens is 1.